The van der Waals surface area contributed by atoms with E-state index in [0.29, 0.717) is 0 Å². The van der Waals surface area contributed by atoms with Gasteiger partial charge in [-0.2, -0.15) is 5.10 Å². The second-order valence-corrected chi connectivity index (χ2v) is 6.95. The summed E-state index contributed by atoms with van der Waals surface area (Å²) in [5.41, 5.74) is 3.71. The number of amides is 2. The van der Waals surface area contributed by atoms with E-state index in [4.69, 9.17) is 0 Å². The number of nitrogens with one attached hydrogen (secondary N) is 2. The van der Waals surface area contributed by atoms with Crippen LogP contribution in [0.3, 0.4) is 0 Å². The first-order chi connectivity index (χ1) is 12.6. The number of urea groups is 1. The number of H-pyrrole nitrogens is 1. The fraction of sp³-hybridized carbons (Fsp3) is 0.526. The van der Waals surface area contributed by atoms with Gasteiger partial charge in [0.25, 0.3) is 0 Å². The van der Waals surface area contributed by atoms with Crippen LogP contribution in [-0.2, 0) is 6.54 Å². The van der Waals surface area contributed by atoms with E-state index < -0.39 is 0 Å². The quantitative estimate of drug-likeness (QED) is 0.862. The van der Waals surface area contributed by atoms with Crippen LogP contribution < -0.4 is 5.32 Å². The Morgan fingerprint density at radius 3 is 2.62 bits per heavy atom. The maximum atomic E-state index is 12.7. The topological polar surface area (TPSA) is 77.2 Å². The number of carbonyl (C=O) groups is 1. The zero-order valence-corrected chi connectivity index (χ0v) is 15.8. The van der Waals surface area contributed by atoms with Crippen LogP contribution in [0.15, 0.2) is 24.5 Å². The minimum Gasteiger partial charge on any atom is -0.331 e. The number of hydrogen-bond donors (Lipinski definition) is 2. The number of carbonyl (C=O) groups excluding carboxylic acids is 1. The van der Waals surface area contributed by atoms with Crippen LogP contribution in [0.25, 0.3) is 0 Å². The van der Waals surface area contributed by atoms with Gasteiger partial charge in [0, 0.05) is 26.2 Å². The van der Waals surface area contributed by atoms with Crippen molar-refractivity contribution in [3.8, 4) is 0 Å². The van der Waals surface area contributed by atoms with E-state index >= 15 is 0 Å². The summed E-state index contributed by atoms with van der Waals surface area (Å²) in [5.74, 6) is 0.865. The first kappa shape index (κ1) is 18.4. The van der Waals surface area contributed by atoms with E-state index in [1.807, 2.05) is 4.90 Å². The third-order valence-electron chi connectivity index (χ3n) is 5.14. The summed E-state index contributed by atoms with van der Waals surface area (Å²) in [6.45, 7) is 10.2. The van der Waals surface area contributed by atoms with Crippen molar-refractivity contribution in [2.45, 2.75) is 39.8 Å². The van der Waals surface area contributed by atoms with Gasteiger partial charge in [0.2, 0.25) is 0 Å². The number of hydrogen-bond acceptors (Lipinski definition) is 4. The van der Waals surface area contributed by atoms with E-state index in [1.165, 1.54) is 23.0 Å². The largest absolute Gasteiger partial charge is 0.331 e. The van der Waals surface area contributed by atoms with Crippen LogP contribution in [0.1, 0.15) is 41.9 Å². The van der Waals surface area contributed by atoms with E-state index in [1.54, 1.807) is 0 Å². The molecule has 2 aromatic rings. The van der Waals surface area contributed by atoms with Gasteiger partial charge in [0.15, 0.2) is 0 Å². The lowest BCUT2D eigenvalue weighted by molar-refractivity contribution is 0.131. The van der Waals surface area contributed by atoms with Crippen molar-refractivity contribution in [1.29, 1.82) is 0 Å². The third-order valence-corrected chi connectivity index (χ3v) is 5.14. The minimum atomic E-state index is 0.0226. The summed E-state index contributed by atoms with van der Waals surface area (Å²) in [5, 5.41) is 9.96. The summed E-state index contributed by atoms with van der Waals surface area (Å²) < 4.78 is 0. The maximum absolute atomic E-state index is 12.7. The van der Waals surface area contributed by atoms with Gasteiger partial charge in [-0.05, 0) is 37.0 Å². The summed E-state index contributed by atoms with van der Waals surface area (Å²) in [6, 6.07) is 6.50. The average molecular weight is 356 g/mol. The van der Waals surface area contributed by atoms with Crippen LogP contribution >= 0.6 is 0 Å². The molecule has 26 heavy (non-hydrogen) atoms. The third kappa shape index (κ3) is 4.40. The predicted molar refractivity (Wildman–Crippen MR) is 101 cm³/mol. The molecule has 1 aliphatic heterocycles. The van der Waals surface area contributed by atoms with Crippen molar-refractivity contribution < 1.29 is 4.79 Å². The predicted octanol–water partition coefficient (Wildman–Crippen LogP) is 2.40. The maximum Gasteiger partial charge on any atom is 0.317 e. The minimum absolute atomic E-state index is 0.0226. The zero-order chi connectivity index (χ0) is 18.5. The molecule has 2 N–H and O–H groups in total. The van der Waals surface area contributed by atoms with Gasteiger partial charge in [0.05, 0.1) is 12.6 Å². The monoisotopic (exact) mass is 356 g/mol. The van der Waals surface area contributed by atoms with Crippen LogP contribution in [0, 0.1) is 13.8 Å². The molecule has 0 radical (unpaired) electrons. The first-order valence-corrected chi connectivity index (χ1v) is 9.26. The Labute approximate surface area is 154 Å². The molecule has 0 spiro atoms. The van der Waals surface area contributed by atoms with Gasteiger partial charge >= 0.3 is 6.03 Å². The van der Waals surface area contributed by atoms with Crippen LogP contribution in [-0.4, -0.2) is 57.2 Å². The van der Waals surface area contributed by atoms with Crippen molar-refractivity contribution in [3.05, 3.63) is 47.0 Å². The Balaban J connectivity index is 1.53. The SMILES string of the molecule is CC[C@@H](NC(=O)N1CCN(Cc2ncn[nH]2)CC1)c1ccc(C)c(C)c1. The number of piperazine rings is 1. The molecule has 1 aromatic heterocycles. The molecule has 1 fully saturated rings. The van der Waals surface area contributed by atoms with Gasteiger partial charge in [-0.1, -0.05) is 25.1 Å². The molecular weight excluding hydrogens is 328 g/mol. The standard InChI is InChI=1S/C19H28N6O/c1-4-17(16-6-5-14(2)15(3)11-16)22-19(26)25-9-7-24(8-10-25)12-18-20-13-21-23-18/h5-6,11,13,17H,4,7-10,12H2,1-3H3,(H,22,26)(H,20,21,23)/t17-/m1/s1. The second-order valence-electron chi connectivity index (χ2n) is 6.95. The fourth-order valence-corrected chi connectivity index (χ4v) is 3.27. The number of aromatic amines is 1. The lowest BCUT2D eigenvalue weighted by Gasteiger charge is -2.35. The highest BCUT2D eigenvalue weighted by molar-refractivity contribution is 5.75. The van der Waals surface area contributed by atoms with Crippen molar-refractivity contribution >= 4 is 6.03 Å². The molecule has 1 aliphatic rings. The van der Waals surface area contributed by atoms with E-state index in [2.05, 4.69) is 64.4 Å². The first-order valence-electron chi connectivity index (χ1n) is 9.26. The molecule has 0 aliphatic carbocycles. The van der Waals surface area contributed by atoms with Gasteiger partial charge in [-0.15, -0.1) is 0 Å². The summed E-state index contributed by atoms with van der Waals surface area (Å²) in [4.78, 5) is 21.0. The molecular formula is C19H28N6O. The molecule has 0 bridgehead atoms. The van der Waals surface area contributed by atoms with E-state index in [0.717, 1.165) is 45.0 Å². The summed E-state index contributed by atoms with van der Waals surface area (Å²) >= 11 is 0. The van der Waals surface area contributed by atoms with Gasteiger partial charge in [-0.25, -0.2) is 9.78 Å². The number of aromatic nitrogens is 3. The van der Waals surface area contributed by atoms with Crippen LogP contribution in [0.2, 0.25) is 0 Å². The fourth-order valence-electron chi connectivity index (χ4n) is 3.27. The molecule has 0 saturated carbocycles. The normalized spacial score (nSPS) is 16.5. The molecule has 140 valence electrons. The molecule has 0 unspecified atom stereocenters. The van der Waals surface area contributed by atoms with Gasteiger partial charge in [-0.3, -0.25) is 10.00 Å². The van der Waals surface area contributed by atoms with Crippen molar-refractivity contribution in [3.63, 3.8) is 0 Å². The molecule has 2 amide bonds. The molecule has 7 nitrogen and oxygen atoms in total. The number of benzene rings is 1. The zero-order valence-electron chi connectivity index (χ0n) is 15.8. The summed E-state index contributed by atoms with van der Waals surface area (Å²) in [7, 11) is 0. The molecule has 7 heteroatoms. The number of nitrogens with zero attached hydrogens (tertiary/aromatic N) is 4. The smallest absolute Gasteiger partial charge is 0.317 e. The van der Waals surface area contributed by atoms with Crippen molar-refractivity contribution in [1.82, 2.24) is 30.3 Å². The Morgan fingerprint density at radius 1 is 1.23 bits per heavy atom. The Bertz CT molecular complexity index is 722. The molecule has 1 saturated heterocycles. The Kier molecular flexibility index (Phi) is 5.88. The number of aryl methyl sites for hydroxylation is 2. The van der Waals surface area contributed by atoms with E-state index in [-0.39, 0.29) is 12.1 Å². The average Bonchev–Trinajstić information content (AvgIpc) is 3.15. The highest BCUT2D eigenvalue weighted by Gasteiger charge is 2.23. The summed E-state index contributed by atoms with van der Waals surface area (Å²) in [6.07, 6.45) is 2.40. The van der Waals surface area contributed by atoms with Crippen molar-refractivity contribution in [2.75, 3.05) is 26.2 Å². The lowest BCUT2D eigenvalue weighted by Crippen LogP contribution is -2.52. The lowest BCUT2D eigenvalue weighted by atomic mass is 9.99. The Morgan fingerprint density at radius 2 is 2.00 bits per heavy atom. The molecule has 3 rings (SSSR count). The molecule has 1 aromatic carbocycles. The Hall–Kier alpha value is -2.41. The molecule has 2 heterocycles. The van der Waals surface area contributed by atoms with E-state index in [9.17, 15) is 4.79 Å². The van der Waals surface area contributed by atoms with Crippen molar-refractivity contribution in [2.24, 2.45) is 0 Å². The van der Waals surface area contributed by atoms with Crippen LogP contribution in [0.4, 0.5) is 4.79 Å². The molecule has 1 atom stereocenters. The number of rotatable bonds is 5. The second kappa shape index (κ2) is 8.31. The highest BCUT2D eigenvalue weighted by atomic mass is 16.2. The van der Waals surface area contributed by atoms with Gasteiger partial charge < -0.3 is 10.2 Å². The highest BCUT2D eigenvalue weighted by Crippen LogP contribution is 2.20. The van der Waals surface area contributed by atoms with Crippen LogP contribution in [0.5, 0.6) is 0 Å². The van der Waals surface area contributed by atoms with Gasteiger partial charge in [0.1, 0.15) is 12.2 Å².